The summed E-state index contributed by atoms with van der Waals surface area (Å²) in [7, 11) is -4.22. The Morgan fingerprint density at radius 3 is 2.02 bits per heavy atom. The highest BCUT2D eigenvalue weighted by Crippen LogP contribution is 2.31. The highest BCUT2D eigenvalue weighted by atomic mass is 35.5. The molecule has 7 nitrogen and oxygen atoms in total. The molecule has 0 heterocycles. The molecule has 0 saturated carbocycles. The van der Waals surface area contributed by atoms with E-state index in [1.54, 1.807) is 42.5 Å². The minimum absolute atomic E-state index is 0.0471. The zero-order chi connectivity index (χ0) is 33.6. The van der Waals surface area contributed by atoms with Crippen LogP contribution in [-0.2, 0) is 32.6 Å². The predicted molar refractivity (Wildman–Crippen MR) is 186 cm³/mol. The number of carbonyl (C=O) groups is 2. The van der Waals surface area contributed by atoms with E-state index in [0.29, 0.717) is 26.9 Å². The average Bonchev–Trinajstić information content (AvgIpc) is 3.00. The minimum atomic E-state index is -4.22. The van der Waals surface area contributed by atoms with E-state index in [9.17, 15) is 18.0 Å². The first-order valence-corrected chi connectivity index (χ1v) is 17.2. The van der Waals surface area contributed by atoms with Crippen LogP contribution in [0.5, 0.6) is 0 Å². The zero-order valence-corrected chi connectivity index (χ0v) is 29.0. The molecule has 0 aliphatic heterocycles. The Bertz CT molecular complexity index is 1780. The fourth-order valence-corrected chi connectivity index (χ4v) is 7.13. The number of sulfonamides is 1. The van der Waals surface area contributed by atoms with Crippen molar-refractivity contribution in [3.63, 3.8) is 0 Å². The number of carbonyl (C=O) groups excluding carboxylic acids is 2. The second kappa shape index (κ2) is 15.2. The first-order valence-electron chi connectivity index (χ1n) is 15.0. The number of rotatable bonds is 12. The third-order valence-electron chi connectivity index (χ3n) is 7.82. The lowest BCUT2D eigenvalue weighted by Crippen LogP contribution is -2.54. The number of halogens is 2. The maximum Gasteiger partial charge on any atom is 0.264 e. The molecular weight excluding hydrogens is 641 g/mol. The fraction of sp³-hybridized carbons (Fsp3) is 0.278. The van der Waals surface area contributed by atoms with Gasteiger partial charge in [-0.25, -0.2) is 8.42 Å². The van der Waals surface area contributed by atoms with Crippen LogP contribution in [0.25, 0.3) is 0 Å². The Morgan fingerprint density at radius 1 is 0.804 bits per heavy atom. The Kier molecular flexibility index (Phi) is 11.5. The topological polar surface area (TPSA) is 86.8 Å². The van der Waals surface area contributed by atoms with E-state index in [4.69, 9.17) is 23.2 Å². The van der Waals surface area contributed by atoms with Gasteiger partial charge in [0.1, 0.15) is 12.6 Å². The van der Waals surface area contributed by atoms with E-state index >= 15 is 0 Å². The number of benzene rings is 4. The van der Waals surface area contributed by atoms with Gasteiger partial charge in [-0.1, -0.05) is 89.4 Å². The molecule has 0 fully saturated rings. The van der Waals surface area contributed by atoms with Gasteiger partial charge < -0.3 is 10.2 Å². The lowest BCUT2D eigenvalue weighted by Gasteiger charge is -2.35. The van der Waals surface area contributed by atoms with E-state index in [1.807, 2.05) is 71.0 Å². The van der Waals surface area contributed by atoms with Crippen LogP contribution >= 0.6 is 23.2 Å². The van der Waals surface area contributed by atoms with Crippen molar-refractivity contribution in [3.8, 4) is 0 Å². The van der Waals surface area contributed by atoms with Crippen LogP contribution in [0.4, 0.5) is 5.69 Å². The van der Waals surface area contributed by atoms with E-state index in [-0.39, 0.29) is 29.8 Å². The summed E-state index contributed by atoms with van der Waals surface area (Å²) in [5.41, 5.74) is 4.13. The summed E-state index contributed by atoms with van der Waals surface area (Å²) in [6.07, 6.45) is 0.182. The number of aryl methyl sites for hydroxylation is 2. The number of nitrogens with zero attached hydrogens (tertiary/aromatic N) is 2. The number of amides is 2. The monoisotopic (exact) mass is 679 g/mol. The highest BCUT2D eigenvalue weighted by molar-refractivity contribution is 7.92. The van der Waals surface area contributed by atoms with Crippen LogP contribution in [-0.4, -0.2) is 43.8 Å². The molecule has 4 aromatic carbocycles. The SMILES string of the molecule is Cc1ccc(S(=O)(=O)N(CC(=O)N(Cc2c(Cl)cccc2Cl)[C@H](Cc2ccccc2)C(=O)NC(C)C)c2cccc(C)c2C)cc1. The number of nitrogens with one attached hydrogen (secondary N) is 1. The summed E-state index contributed by atoms with van der Waals surface area (Å²) in [6.45, 7) is 8.57. The van der Waals surface area contributed by atoms with Gasteiger partial charge >= 0.3 is 0 Å². The third kappa shape index (κ3) is 8.29. The van der Waals surface area contributed by atoms with Gasteiger partial charge in [-0.2, -0.15) is 0 Å². The first-order chi connectivity index (χ1) is 21.8. The van der Waals surface area contributed by atoms with Gasteiger partial charge in [-0.3, -0.25) is 13.9 Å². The zero-order valence-electron chi connectivity index (χ0n) is 26.6. The van der Waals surface area contributed by atoms with Gasteiger partial charge in [0, 0.05) is 34.6 Å². The molecule has 0 saturated heterocycles. The first kappa shape index (κ1) is 35.0. The number of hydrogen-bond donors (Lipinski definition) is 1. The quantitative estimate of drug-likeness (QED) is 0.171. The summed E-state index contributed by atoms with van der Waals surface area (Å²) >= 11 is 13.2. The standard InChI is InChI=1S/C36H39Cl2N3O4S/c1-24(2)39-36(43)34(21-28-12-7-6-8-13-28)40(22-30-31(37)14-10-15-32(30)38)35(42)23-41(33-16-9-11-26(4)27(33)5)46(44,45)29-19-17-25(3)18-20-29/h6-20,24,34H,21-23H2,1-5H3,(H,39,43)/t34-/m1/s1. The molecule has 0 spiro atoms. The molecule has 0 unspecified atom stereocenters. The van der Waals surface area contributed by atoms with Gasteiger partial charge in [0.05, 0.1) is 10.6 Å². The summed E-state index contributed by atoms with van der Waals surface area (Å²) in [4.78, 5) is 30.0. The van der Waals surface area contributed by atoms with E-state index in [1.165, 1.54) is 17.0 Å². The molecule has 4 aromatic rings. The van der Waals surface area contributed by atoms with Crippen molar-refractivity contribution in [1.82, 2.24) is 10.2 Å². The van der Waals surface area contributed by atoms with Crippen LogP contribution < -0.4 is 9.62 Å². The summed E-state index contributed by atoms with van der Waals surface area (Å²) in [5, 5.41) is 3.60. The van der Waals surface area contributed by atoms with Crippen LogP contribution in [0, 0.1) is 20.8 Å². The van der Waals surface area contributed by atoms with Gasteiger partial charge in [-0.05, 0) is 81.6 Å². The van der Waals surface area contributed by atoms with Crippen molar-refractivity contribution < 1.29 is 18.0 Å². The lowest BCUT2D eigenvalue weighted by atomic mass is 10.0. The molecule has 0 radical (unpaired) electrons. The molecule has 10 heteroatoms. The second-order valence-corrected chi connectivity index (χ2v) is 14.3. The van der Waals surface area contributed by atoms with E-state index < -0.39 is 28.5 Å². The molecule has 0 aliphatic carbocycles. The Balaban J connectivity index is 1.87. The highest BCUT2D eigenvalue weighted by Gasteiger charge is 2.36. The molecule has 0 aliphatic rings. The van der Waals surface area contributed by atoms with Crippen LogP contribution in [0.2, 0.25) is 10.0 Å². The molecule has 1 atom stereocenters. The fourth-order valence-electron chi connectivity index (χ4n) is 5.14. The van der Waals surface area contributed by atoms with Crippen LogP contribution in [0.15, 0.2) is 95.9 Å². The molecule has 2 amide bonds. The average molecular weight is 681 g/mol. The lowest BCUT2D eigenvalue weighted by molar-refractivity contribution is -0.140. The Morgan fingerprint density at radius 2 is 1.41 bits per heavy atom. The van der Waals surface area contributed by atoms with Gasteiger partial charge in [0.15, 0.2) is 0 Å². The maximum atomic E-state index is 14.7. The number of hydrogen-bond acceptors (Lipinski definition) is 4. The predicted octanol–water partition coefficient (Wildman–Crippen LogP) is 7.28. The van der Waals surface area contributed by atoms with Crippen molar-refractivity contribution in [1.29, 1.82) is 0 Å². The van der Waals surface area contributed by atoms with Crippen LogP contribution in [0.1, 0.15) is 41.7 Å². The summed E-state index contributed by atoms with van der Waals surface area (Å²) < 4.78 is 29.7. The van der Waals surface area contributed by atoms with Gasteiger partial charge in [0.2, 0.25) is 11.8 Å². The molecule has 0 aromatic heterocycles. The largest absolute Gasteiger partial charge is 0.352 e. The molecule has 4 rings (SSSR count). The molecule has 46 heavy (non-hydrogen) atoms. The van der Waals surface area contributed by atoms with Crippen molar-refractivity contribution in [3.05, 3.63) is 129 Å². The van der Waals surface area contributed by atoms with Gasteiger partial charge in [0.25, 0.3) is 10.0 Å². The maximum absolute atomic E-state index is 14.7. The molecule has 0 bridgehead atoms. The summed E-state index contributed by atoms with van der Waals surface area (Å²) in [6, 6.07) is 25.0. The minimum Gasteiger partial charge on any atom is -0.352 e. The normalized spacial score (nSPS) is 12.1. The second-order valence-electron chi connectivity index (χ2n) is 11.6. The van der Waals surface area contributed by atoms with Gasteiger partial charge in [-0.15, -0.1) is 0 Å². The molecule has 1 N–H and O–H groups in total. The van der Waals surface area contributed by atoms with E-state index in [0.717, 1.165) is 21.0 Å². The third-order valence-corrected chi connectivity index (χ3v) is 10.3. The molecule has 242 valence electrons. The van der Waals surface area contributed by atoms with E-state index in [2.05, 4.69) is 5.32 Å². The number of anilines is 1. The van der Waals surface area contributed by atoms with Crippen LogP contribution in [0.3, 0.4) is 0 Å². The Hall–Kier alpha value is -3.85. The van der Waals surface area contributed by atoms with Crippen molar-refractivity contribution >= 4 is 50.7 Å². The van der Waals surface area contributed by atoms with Crippen molar-refractivity contribution in [2.45, 2.75) is 64.6 Å². The van der Waals surface area contributed by atoms with Crippen molar-refractivity contribution in [2.24, 2.45) is 0 Å². The molecular formula is C36H39Cl2N3O4S. The Labute approximate surface area is 282 Å². The van der Waals surface area contributed by atoms with Crippen molar-refractivity contribution in [2.75, 3.05) is 10.8 Å². The smallest absolute Gasteiger partial charge is 0.264 e. The summed E-state index contributed by atoms with van der Waals surface area (Å²) in [5.74, 6) is -0.970.